The van der Waals surface area contributed by atoms with E-state index in [2.05, 4.69) is 29.0 Å². The Balaban J connectivity index is 1.35. The van der Waals surface area contributed by atoms with Gasteiger partial charge in [0.25, 0.3) is 5.91 Å². The van der Waals surface area contributed by atoms with Crippen molar-refractivity contribution in [3.05, 3.63) is 75.8 Å². The number of aliphatic hydroxyl groups excluding tert-OH is 2. The number of allylic oxidation sites excluding steroid dienone is 2. The van der Waals surface area contributed by atoms with Gasteiger partial charge in [-0.1, -0.05) is 30.3 Å². The second-order valence-corrected chi connectivity index (χ2v) is 11.7. The van der Waals surface area contributed by atoms with E-state index in [1.54, 1.807) is 6.07 Å². The van der Waals surface area contributed by atoms with Gasteiger partial charge in [0, 0.05) is 50.6 Å². The standard InChI is InChI=1S/C31H33N3O7/c1-33-8-10-34(11-9-33)15-16-2-4-17(5-3-16)20-6-7-22(35)25-21(20)13-18-12-19-14-23(36)26(30(32)40)29(39)31(19,41)28(38)24(18)27(25)37/h2-7,18-19,35-36,38,41H,8-15H2,1H3,(H2,32,40)/t18-,19+,31+/m1/s1. The van der Waals surface area contributed by atoms with E-state index >= 15 is 0 Å². The zero-order valence-corrected chi connectivity index (χ0v) is 22.8. The van der Waals surface area contributed by atoms with Gasteiger partial charge in [0.15, 0.2) is 11.4 Å². The molecule has 214 valence electrons. The fourth-order valence-corrected chi connectivity index (χ4v) is 6.94. The largest absolute Gasteiger partial charge is 0.511 e. The second kappa shape index (κ2) is 9.83. The van der Waals surface area contributed by atoms with E-state index in [1.807, 2.05) is 12.1 Å². The highest BCUT2D eigenvalue weighted by atomic mass is 16.3. The number of carbonyl (C=O) groups excluding carboxylic acids is 3. The minimum atomic E-state index is -2.57. The number of phenolic OH excluding ortho intramolecular Hbond substituents is 1. The zero-order valence-electron chi connectivity index (χ0n) is 22.8. The number of fused-ring (bicyclic) bond motifs is 3. The summed E-state index contributed by atoms with van der Waals surface area (Å²) in [5.74, 6) is -6.32. The Labute approximate surface area is 237 Å². The van der Waals surface area contributed by atoms with Crippen molar-refractivity contribution in [2.45, 2.75) is 31.4 Å². The van der Waals surface area contributed by atoms with Gasteiger partial charge in [-0.2, -0.15) is 0 Å². The second-order valence-electron chi connectivity index (χ2n) is 11.7. The molecule has 10 heteroatoms. The Hall–Kier alpha value is -3.99. The van der Waals surface area contributed by atoms with Crippen LogP contribution in [-0.2, 0) is 22.6 Å². The lowest BCUT2D eigenvalue weighted by molar-refractivity contribution is -0.144. The third kappa shape index (κ3) is 4.25. The lowest BCUT2D eigenvalue weighted by Gasteiger charge is -2.45. The SMILES string of the molecule is CN1CCN(Cc2ccc(-c3ccc(O)c4c3C[C@H]3C[C@H]5CC(O)=C(C(N)=O)C(=O)[C@@]5(O)C(O)=C3C4=O)cc2)CC1. The molecule has 1 saturated heterocycles. The maximum atomic E-state index is 13.8. The maximum absolute atomic E-state index is 13.8. The number of likely N-dealkylation sites (N-methyl/N-ethyl adjacent to an activating group) is 1. The number of rotatable bonds is 4. The van der Waals surface area contributed by atoms with E-state index in [4.69, 9.17) is 5.73 Å². The number of nitrogens with two attached hydrogens (primary N) is 1. The van der Waals surface area contributed by atoms with Crippen LogP contribution in [0.25, 0.3) is 11.1 Å². The van der Waals surface area contributed by atoms with Crippen molar-refractivity contribution in [3.63, 3.8) is 0 Å². The topological polar surface area (TPSA) is 165 Å². The van der Waals surface area contributed by atoms with Crippen LogP contribution in [0.15, 0.2) is 59.1 Å². The number of aliphatic hydroxyl groups is 3. The Kier molecular flexibility index (Phi) is 6.52. The number of ketones is 2. The molecule has 10 nitrogen and oxygen atoms in total. The first-order valence-electron chi connectivity index (χ1n) is 13.8. The average Bonchev–Trinajstić information content (AvgIpc) is 2.92. The lowest BCUT2D eigenvalue weighted by atomic mass is 9.60. The average molecular weight is 560 g/mol. The summed E-state index contributed by atoms with van der Waals surface area (Å²) in [6.07, 6.45) is 0.111. The molecule has 1 fully saturated rings. The van der Waals surface area contributed by atoms with Gasteiger partial charge >= 0.3 is 0 Å². The molecule has 0 saturated carbocycles. The molecule has 2 aromatic carbocycles. The van der Waals surface area contributed by atoms with E-state index in [0.717, 1.165) is 43.9 Å². The van der Waals surface area contributed by atoms with Gasteiger partial charge < -0.3 is 31.1 Å². The van der Waals surface area contributed by atoms with Crippen molar-refractivity contribution >= 4 is 17.5 Å². The van der Waals surface area contributed by atoms with Crippen LogP contribution in [0.2, 0.25) is 0 Å². The smallest absolute Gasteiger partial charge is 0.255 e. The monoisotopic (exact) mass is 559 g/mol. The van der Waals surface area contributed by atoms with Crippen LogP contribution < -0.4 is 5.73 Å². The van der Waals surface area contributed by atoms with Gasteiger partial charge in [0.05, 0.1) is 5.56 Å². The Morgan fingerprint density at radius 2 is 1.68 bits per heavy atom. The fourth-order valence-electron chi connectivity index (χ4n) is 6.94. The van der Waals surface area contributed by atoms with Crippen molar-refractivity contribution in [2.75, 3.05) is 33.2 Å². The van der Waals surface area contributed by atoms with Gasteiger partial charge in [-0.15, -0.1) is 0 Å². The normalized spacial score (nSPS) is 27.0. The molecule has 3 aliphatic carbocycles. The summed E-state index contributed by atoms with van der Waals surface area (Å²) < 4.78 is 0. The molecule has 41 heavy (non-hydrogen) atoms. The van der Waals surface area contributed by atoms with Crippen LogP contribution in [0, 0.1) is 11.8 Å². The number of hydrogen-bond donors (Lipinski definition) is 5. The number of Topliss-reactive ketones (excluding diaryl/α,β-unsaturated/α-hetero) is 2. The van der Waals surface area contributed by atoms with Gasteiger partial charge in [0.1, 0.15) is 22.8 Å². The van der Waals surface area contributed by atoms with E-state index in [0.29, 0.717) is 5.56 Å². The highest BCUT2D eigenvalue weighted by Crippen LogP contribution is 2.52. The van der Waals surface area contributed by atoms with Gasteiger partial charge in [-0.25, -0.2) is 0 Å². The maximum Gasteiger partial charge on any atom is 0.255 e. The summed E-state index contributed by atoms with van der Waals surface area (Å²) in [6, 6.07) is 11.3. The Morgan fingerprint density at radius 3 is 2.34 bits per heavy atom. The van der Waals surface area contributed by atoms with Crippen LogP contribution in [0.1, 0.15) is 34.3 Å². The third-order valence-corrected chi connectivity index (χ3v) is 9.21. The zero-order chi connectivity index (χ0) is 29.2. The number of piperazine rings is 1. The first kappa shape index (κ1) is 27.2. The number of phenols is 1. The number of aromatic hydroxyl groups is 1. The number of nitrogens with zero attached hydrogens (tertiary/aromatic N) is 2. The summed E-state index contributed by atoms with van der Waals surface area (Å²) >= 11 is 0. The van der Waals surface area contributed by atoms with Crippen LogP contribution in [0.4, 0.5) is 0 Å². The first-order chi connectivity index (χ1) is 19.5. The summed E-state index contributed by atoms with van der Waals surface area (Å²) in [5, 5.41) is 43.7. The molecule has 2 aromatic rings. The molecule has 6 N–H and O–H groups in total. The number of benzene rings is 2. The highest BCUT2D eigenvalue weighted by Gasteiger charge is 2.59. The summed E-state index contributed by atoms with van der Waals surface area (Å²) in [5.41, 5.74) is 5.21. The van der Waals surface area contributed by atoms with Crippen LogP contribution in [0.3, 0.4) is 0 Å². The fraction of sp³-hybridized carbons (Fsp3) is 0.387. The molecule has 0 aromatic heterocycles. The predicted octanol–water partition coefficient (Wildman–Crippen LogP) is 1.99. The van der Waals surface area contributed by atoms with Crippen LogP contribution in [0.5, 0.6) is 5.75 Å². The Bertz CT molecular complexity index is 1540. The van der Waals surface area contributed by atoms with Crippen molar-refractivity contribution in [1.29, 1.82) is 0 Å². The van der Waals surface area contributed by atoms with E-state index < -0.39 is 52.0 Å². The van der Waals surface area contributed by atoms with Crippen molar-refractivity contribution in [3.8, 4) is 16.9 Å². The number of amides is 1. The van der Waals surface area contributed by atoms with E-state index in [-0.39, 0.29) is 36.1 Å². The molecule has 1 amide bonds. The van der Waals surface area contributed by atoms with E-state index in [1.165, 1.54) is 11.6 Å². The third-order valence-electron chi connectivity index (χ3n) is 9.21. The molecule has 0 radical (unpaired) electrons. The van der Waals surface area contributed by atoms with Crippen LogP contribution >= 0.6 is 0 Å². The minimum absolute atomic E-state index is 0.0145. The molecular formula is C31H33N3O7. The molecule has 0 unspecified atom stereocenters. The molecule has 4 aliphatic rings. The minimum Gasteiger partial charge on any atom is -0.511 e. The number of carbonyl (C=O) groups is 3. The summed E-state index contributed by atoms with van der Waals surface area (Å²) in [6.45, 7) is 4.93. The molecule has 1 aliphatic heterocycles. The molecule has 3 atom stereocenters. The van der Waals surface area contributed by atoms with Gasteiger partial charge in [-0.05, 0) is 54.1 Å². The molecular weight excluding hydrogens is 526 g/mol. The lowest BCUT2D eigenvalue weighted by Crippen LogP contribution is -2.57. The van der Waals surface area contributed by atoms with Crippen molar-refractivity contribution in [2.24, 2.45) is 17.6 Å². The summed E-state index contributed by atoms with van der Waals surface area (Å²) in [7, 11) is 2.12. The Morgan fingerprint density at radius 1 is 1.00 bits per heavy atom. The van der Waals surface area contributed by atoms with Gasteiger partial charge in [-0.3, -0.25) is 19.3 Å². The van der Waals surface area contributed by atoms with E-state index in [9.17, 15) is 34.8 Å². The molecule has 0 spiro atoms. The predicted molar refractivity (Wildman–Crippen MR) is 149 cm³/mol. The summed E-state index contributed by atoms with van der Waals surface area (Å²) in [4.78, 5) is 43.5. The van der Waals surface area contributed by atoms with Gasteiger partial charge in [0.2, 0.25) is 5.78 Å². The van der Waals surface area contributed by atoms with Crippen molar-refractivity contribution < 1.29 is 34.8 Å². The molecule has 0 bridgehead atoms. The number of primary amides is 1. The van der Waals surface area contributed by atoms with Crippen LogP contribution in [-0.4, -0.2) is 86.5 Å². The first-order valence-corrected chi connectivity index (χ1v) is 13.8. The highest BCUT2D eigenvalue weighted by molar-refractivity contribution is 6.24. The number of hydrogen-bond acceptors (Lipinski definition) is 9. The molecule has 1 heterocycles. The quantitative estimate of drug-likeness (QED) is 0.352. The molecule has 6 rings (SSSR count). The van der Waals surface area contributed by atoms with Crippen molar-refractivity contribution in [1.82, 2.24) is 9.80 Å².